The van der Waals surface area contributed by atoms with Gasteiger partial charge in [0, 0.05) is 14.9 Å². The summed E-state index contributed by atoms with van der Waals surface area (Å²) in [7, 11) is -4.25. The Balaban J connectivity index is 2.43. The van der Waals surface area contributed by atoms with E-state index in [-0.39, 0.29) is 11.4 Å². The number of hydrogen-bond acceptors (Lipinski definition) is 3. The molecule has 0 unspecified atom stereocenters. The lowest BCUT2D eigenvalue weighted by atomic mass is 10.3. The second-order valence-corrected chi connectivity index (χ2v) is 6.82. The number of nitrogens with one attached hydrogen (secondary N) is 1. The molecule has 2 aromatic rings. The lowest BCUT2D eigenvalue weighted by Crippen LogP contribution is -2.15. The van der Waals surface area contributed by atoms with E-state index in [4.69, 9.17) is 5.73 Å². The van der Waals surface area contributed by atoms with Gasteiger partial charge < -0.3 is 5.73 Å². The maximum absolute atomic E-state index is 13.6. The zero-order chi connectivity index (χ0) is 14.9. The fourth-order valence-corrected chi connectivity index (χ4v) is 3.05. The summed E-state index contributed by atoms with van der Waals surface area (Å²) in [5.74, 6) is -2.77. The standard InChI is InChI=1S/C12H9F2IN2O2S/c13-10-5-8(16)6-11(12(10)14)20(18,19)17-9-3-1-7(15)2-4-9/h1-6,17H,16H2. The maximum Gasteiger partial charge on any atom is 0.265 e. The Hall–Kier alpha value is -1.42. The van der Waals surface area contributed by atoms with Gasteiger partial charge in [-0.05, 0) is 59.0 Å². The van der Waals surface area contributed by atoms with Crippen LogP contribution in [0, 0.1) is 15.2 Å². The summed E-state index contributed by atoms with van der Waals surface area (Å²) >= 11 is 2.06. The molecule has 0 aliphatic carbocycles. The van der Waals surface area contributed by atoms with Crippen molar-refractivity contribution in [2.75, 3.05) is 10.5 Å². The van der Waals surface area contributed by atoms with E-state index < -0.39 is 26.6 Å². The molecule has 20 heavy (non-hydrogen) atoms. The minimum atomic E-state index is -4.25. The molecule has 0 spiro atoms. The highest BCUT2D eigenvalue weighted by Crippen LogP contribution is 2.23. The Kier molecular flexibility index (Phi) is 4.14. The summed E-state index contributed by atoms with van der Waals surface area (Å²) in [4.78, 5) is -0.825. The van der Waals surface area contributed by atoms with Crippen LogP contribution in [-0.2, 0) is 10.0 Å². The van der Waals surface area contributed by atoms with Crippen LogP contribution in [-0.4, -0.2) is 8.42 Å². The molecule has 0 atom stereocenters. The third kappa shape index (κ3) is 3.18. The lowest BCUT2D eigenvalue weighted by molar-refractivity contribution is 0.486. The van der Waals surface area contributed by atoms with Gasteiger partial charge in [-0.15, -0.1) is 0 Å². The zero-order valence-electron chi connectivity index (χ0n) is 9.90. The number of anilines is 2. The average molecular weight is 410 g/mol. The van der Waals surface area contributed by atoms with Crippen LogP contribution in [0.5, 0.6) is 0 Å². The number of hydrogen-bond donors (Lipinski definition) is 2. The highest BCUT2D eigenvalue weighted by atomic mass is 127. The second kappa shape index (κ2) is 5.52. The highest BCUT2D eigenvalue weighted by Gasteiger charge is 2.22. The van der Waals surface area contributed by atoms with E-state index in [1.807, 2.05) is 0 Å². The monoisotopic (exact) mass is 410 g/mol. The fraction of sp³-hybridized carbons (Fsp3) is 0. The van der Waals surface area contributed by atoms with Crippen molar-refractivity contribution in [3.05, 3.63) is 51.6 Å². The van der Waals surface area contributed by atoms with Gasteiger partial charge >= 0.3 is 0 Å². The zero-order valence-corrected chi connectivity index (χ0v) is 12.9. The van der Waals surface area contributed by atoms with Crippen molar-refractivity contribution in [1.29, 1.82) is 0 Å². The molecule has 0 radical (unpaired) electrons. The normalized spacial score (nSPS) is 11.3. The molecule has 0 bridgehead atoms. The summed E-state index contributed by atoms with van der Waals surface area (Å²) < 4.78 is 54.0. The molecule has 4 nitrogen and oxygen atoms in total. The van der Waals surface area contributed by atoms with E-state index in [0.717, 1.165) is 15.7 Å². The summed E-state index contributed by atoms with van der Waals surface area (Å²) in [6, 6.07) is 7.97. The van der Waals surface area contributed by atoms with Crippen molar-refractivity contribution in [2.45, 2.75) is 4.90 Å². The molecule has 8 heteroatoms. The van der Waals surface area contributed by atoms with Crippen molar-refractivity contribution < 1.29 is 17.2 Å². The van der Waals surface area contributed by atoms with Gasteiger partial charge in [0.25, 0.3) is 10.0 Å². The Labute approximate surface area is 128 Å². The van der Waals surface area contributed by atoms with Gasteiger partial charge in [0.05, 0.1) is 0 Å². The number of nitrogens with two attached hydrogens (primary N) is 1. The van der Waals surface area contributed by atoms with Gasteiger partial charge in [0.1, 0.15) is 4.90 Å². The van der Waals surface area contributed by atoms with Gasteiger partial charge in [0.2, 0.25) is 0 Å². The van der Waals surface area contributed by atoms with Crippen LogP contribution in [0.4, 0.5) is 20.2 Å². The molecular weight excluding hydrogens is 401 g/mol. The van der Waals surface area contributed by atoms with Crippen LogP contribution in [0.25, 0.3) is 0 Å². The van der Waals surface area contributed by atoms with E-state index in [1.165, 1.54) is 12.1 Å². The maximum atomic E-state index is 13.6. The third-order valence-electron chi connectivity index (χ3n) is 2.40. The molecule has 0 amide bonds. The Bertz CT molecular complexity index is 749. The van der Waals surface area contributed by atoms with Crippen molar-refractivity contribution >= 4 is 44.0 Å². The Morgan fingerprint density at radius 1 is 1.10 bits per heavy atom. The number of halogens is 3. The van der Waals surface area contributed by atoms with E-state index >= 15 is 0 Å². The summed E-state index contributed by atoms with van der Waals surface area (Å²) in [6.07, 6.45) is 0. The number of rotatable bonds is 3. The molecule has 0 heterocycles. The van der Waals surface area contributed by atoms with Crippen LogP contribution < -0.4 is 10.5 Å². The summed E-state index contributed by atoms with van der Waals surface area (Å²) in [5.41, 5.74) is 5.41. The second-order valence-electron chi connectivity index (χ2n) is 3.93. The van der Waals surface area contributed by atoms with E-state index in [0.29, 0.717) is 0 Å². The highest BCUT2D eigenvalue weighted by molar-refractivity contribution is 14.1. The lowest BCUT2D eigenvalue weighted by Gasteiger charge is -2.10. The van der Waals surface area contributed by atoms with Crippen molar-refractivity contribution in [3.8, 4) is 0 Å². The first-order valence-electron chi connectivity index (χ1n) is 5.32. The number of sulfonamides is 1. The molecule has 2 aromatic carbocycles. The van der Waals surface area contributed by atoms with Crippen LogP contribution in [0.15, 0.2) is 41.3 Å². The van der Waals surface area contributed by atoms with Crippen LogP contribution in [0.3, 0.4) is 0 Å². The molecule has 0 aliphatic rings. The third-order valence-corrected chi connectivity index (χ3v) is 4.50. The first kappa shape index (κ1) is 15.0. The molecule has 2 rings (SSSR count). The van der Waals surface area contributed by atoms with E-state index in [1.54, 1.807) is 12.1 Å². The topological polar surface area (TPSA) is 72.2 Å². The SMILES string of the molecule is Nc1cc(F)c(F)c(S(=O)(=O)Nc2ccc(I)cc2)c1. The smallest absolute Gasteiger partial charge is 0.265 e. The largest absolute Gasteiger partial charge is 0.399 e. The minimum Gasteiger partial charge on any atom is -0.399 e. The van der Waals surface area contributed by atoms with E-state index in [9.17, 15) is 17.2 Å². The van der Waals surface area contributed by atoms with Crippen LogP contribution in [0.1, 0.15) is 0 Å². The average Bonchev–Trinajstić information content (AvgIpc) is 2.36. The first-order valence-corrected chi connectivity index (χ1v) is 7.89. The van der Waals surface area contributed by atoms with Gasteiger partial charge in [-0.1, -0.05) is 0 Å². The van der Waals surface area contributed by atoms with Crippen LogP contribution >= 0.6 is 22.6 Å². The summed E-state index contributed by atoms with van der Waals surface area (Å²) in [6.45, 7) is 0. The Morgan fingerprint density at radius 3 is 2.30 bits per heavy atom. The fourth-order valence-electron chi connectivity index (χ4n) is 1.51. The molecular formula is C12H9F2IN2O2S. The molecule has 0 fully saturated rings. The predicted molar refractivity (Wildman–Crippen MR) is 80.7 cm³/mol. The predicted octanol–water partition coefficient (Wildman–Crippen LogP) is 2.95. The molecule has 0 saturated heterocycles. The molecule has 0 saturated carbocycles. The molecule has 0 aromatic heterocycles. The quantitative estimate of drug-likeness (QED) is 0.604. The van der Waals surface area contributed by atoms with Gasteiger partial charge in [-0.2, -0.15) is 0 Å². The Morgan fingerprint density at radius 2 is 1.70 bits per heavy atom. The molecule has 3 N–H and O–H groups in total. The molecule has 106 valence electrons. The van der Waals surface area contributed by atoms with E-state index in [2.05, 4.69) is 27.3 Å². The molecule has 0 aliphatic heterocycles. The van der Waals surface area contributed by atoms with Gasteiger partial charge in [0.15, 0.2) is 11.6 Å². The van der Waals surface area contributed by atoms with Crippen LogP contribution in [0.2, 0.25) is 0 Å². The number of nitrogen functional groups attached to an aromatic ring is 1. The van der Waals surface area contributed by atoms with Gasteiger partial charge in [-0.3, -0.25) is 4.72 Å². The minimum absolute atomic E-state index is 0.174. The first-order chi connectivity index (χ1) is 9.29. The van der Waals surface area contributed by atoms with Crippen molar-refractivity contribution in [3.63, 3.8) is 0 Å². The van der Waals surface area contributed by atoms with Crippen molar-refractivity contribution in [1.82, 2.24) is 0 Å². The summed E-state index contributed by atoms with van der Waals surface area (Å²) in [5, 5.41) is 0. The van der Waals surface area contributed by atoms with Gasteiger partial charge in [-0.25, -0.2) is 17.2 Å². The number of benzene rings is 2. The van der Waals surface area contributed by atoms with Crippen molar-refractivity contribution in [2.24, 2.45) is 0 Å².